The summed E-state index contributed by atoms with van der Waals surface area (Å²) < 4.78 is 1.61. The SMILES string of the molecule is Br.CC(=O)Nc1csc(Br)n1.Nc1csc(Br)n1. The summed E-state index contributed by atoms with van der Waals surface area (Å²) >= 11 is 9.26. The largest absolute Gasteiger partial charge is 0.383 e. The van der Waals surface area contributed by atoms with Crippen molar-refractivity contribution in [2.45, 2.75) is 6.92 Å². The summed E-state index contributed by atoms with van der Waals surface area (Å²) in [7, 11) is 0. The van der Waals surface area contributed by atoms with Gasteiger partial charge in [-0.1, -0.05) is 0 Å². The normalized spacial score (nSPS) is 8.83. The molecular weight excluding hydrogens is 472 g/mol. The third kappa shape index (κ3) is 7.41. The van der Waals surface area contributed by atoms with Gasteiger partial charge < -0.3 is 11.1 Å². The number of aromatic nitrogens is 2. The van der Waals surface area contributed by atoms with Crippen molar-refractivity contribution >= 4 is 89.1 Å². The van der Waals surface area contributed by atoms with Crippen molar-refractivity contribution in [3.8, 4) is 0 Å². The second kappa shape index (κ2) is 8.97. The minimum atomic E-state index is -0.0993. The second-order valence-corrected chi connectivity index (χ2v) is 6.96. The van der Waals surface area contributed by atoms with Crippen molar-refractivity contribution in [2.24, 2.45) is 0 Å². The van der Waals surface area contributed by atoms with Gasteiger partial charge in [0.25, 0.3) is 0 Å². The van der Waals surface area contributed by atoms with Gasteiger partial charge in [-0.25, -0.2) is 9.97 Å². The Morgan fingerprint density at radius 3 is 2.11 bits per heavy atom. The molecule has 100 valence electrons. The molecule has 0 atom stereocenters. The number of rotatable bonds is 1. The Bertz CT molecular complexity index is 486. The standard InChI is InChI=1S/C5H5BrN2OS.C3H3BrN2S.BrH/c1-3(9)7-4-2-10-5(6)8-4;4-3-6-2(5)1-7-3;/h2H,1H3,(H,7,9);1H,5H2;1H. The Hall–Kier alpha value is -0.0300. The fourth-order valence-corrected chi connectivity index (χ4v) is 2.61. The molecule has 0 aromatic carbocycles. The number of nitrogen functional groups attached to an aromatic ring is 1. The summed E-state index contributed by atoms with van der Waals surface area (Å²) in [5, 5.41) is 6.11. The molecular formula is C8H9Br3N4OS2. The maximum Gasteiger partial charge on any atom is 0.222 e. The first-order chi connectivity index (χ1) is 7.97. The molecule has 2 rings (SSSR count). The molecule has 0 unspecified atom stereocenters. The van der Waals surface area contributed by atoms with Gasteiger partial charge in [-0.15, -0.1) is 39.7 Å². The van der Waals surface area contributed by atoms with E-state index >= 15 is 0 Å². The van der Waals surface area contributed by atoms with E-state index in [-0.39, 0.29) is 22.9 Å². The van der Waals surface area contributed by atoms with Crippen LogP contribution in [-0.4, -0.2) is 15.9 Å². The molecule has 3 N–H and O–H groups in total. The van der Waals surface area contributed by atoms with Gasteiger partial charge in [0, 0.05) is 17.7 Å². The number of hydrogen-bond donors (Lipinski definition) is 2. The van der Waals surface area contributed by atoms with Crippen LogP contribution in [0, 0.1) is 0 Å². The molecule has 2 aromatic rings. The molecule has 0 bridgehead atoms. The highest BCUT2D eigenvalue weighted by Gasteiger charge is 1.98. The Morgan fingerprint density at radius 2 is 1.83 bits per heavy atom. The zero-order chi connectivity index (χ0) is 12.8. The molecule has 10 heteroatoms. The highest BCUT2D eigenvalue weighted by Crippen LogP contribution is 2.19. The van der Waals surface area contributed by atoms with Crippen LogP contribution in [0.4, 0.5) is 11.6 Å². The second-order valence-electron chi connectivity index (χ2n) is 2.69. The number of amides is 1. The zero-order valence-corrected chi connectivity index (χ0v) is 15.5. The number of nitrogens with two attached hydrogens (primary N) is 1. The molecule has 18 heavy (non-hydrogen) atoms. The molecule has 2 aromatic heterocycles. The molecule has 0 radical (unpaired) electrons. The van der Waals surface area contributed by atoms with Crippen molar-refractivity contribution in [1.82, 2.24) is 9.97 Å². The molecule has 0 aliphatic rings. The molecule has 5 nitrogen and oxygen atoms in total. The van der Waals surface area contributed by atoms with E-state index in [2.05, 4.69) is 47.1 Å². The Labute approximate surface area is 139 Å². The van der Waals surface area contributed by atoms with Gasteiger partial charge in [0.1, 0.15) is 11.6 Å². The number of thiazole rings is 2. The van der Waals surface area contributed by atoms with E-state index in [4.69, 9.17) is 5.73 Å². The quantitative estimate of drug-likeness (QED) is 0.648. The van der Waals surface area contributed by atoms with E-state index in [1.807, 2.05) is 0 Å². The fourth-order valence-electron chi connectivity index (χ4n) is 0.753. The first-order valence-corrected chi connectivity index (χ1v) is 7.57. The lowest BCUT2D eigenvalue weighted by Gasteiger charge is -1.91. The van der Waals surface area contributed by atoms with Crippen LogP contribution >= 0.6 is 71.5 Å². The van der Waals surface area contributed by atoms with Crippen molar-refractivity contribution in [3.05, 3.63) is 18.6 Å². The molecule has 0 saturated carbocycles. The number of carbonyl (C=O) groups is 1. The van der Waals surface area contributed by atoms with E-state index < -0.39 is 0 Å². The number of halogens is 3. The van der Waals surface area contributed by atoms with E-state index in [1.165, 1.54) is 29.6 Å². The summed E-state index contributed by atoms with van der Waals surface area (Å²) in [4.78, 5) is 18.2. The van der Waals surface area contributed by atoms with Crippen LogP contribution in [0.25, 0.3) is 0 Å². The molecule has 0 spiro atoms. The fraction of sp³-hybridized carbons (Fsp3) is 0.125. The first kappa shape index (κ1) is 18.0. The predicted octanol–water partition coefficient (Wildman–Crippen LogP) is 3.93. The van der Waals surface area contributed by atoms with Crippen LogP contribution in [0.1, 0.15) is 6.92 Å². The lowest BCUT2D eigenvalue weighted by Crippen LogP contribution is -2.05. The van der Waals surface area contributed by atoms with E-state index in [0.29, 0.717) is 11.6 Å². The summed E-state index contributed by atoms with van der Waals surface area (Å²) in [5.74, 6) is 1.08. The average Bonchev–Trinajstić information content (AvgIpc) is 2.76. The summed E-state index contributed by atoms with van der Waals surface area (Å²) in [6.45, 7) is 1.45. The number of hydrogen-bond acceptors (Lipinski definition) is 6. The molecule has 2 heterocycles. The summed E-state index contributed by atoms with van der Waals surface area (Å²) in [6, 6.07) is 0. The topological polar surface area (TPSA) is 80.9 Å². The minimum absolute atomic E-state index is 0. The van der Waals surface area contributed by atoms with Gasteiger partial charge in [0.2, 0.25) is 5.91 Å². The highest BCUT2D eigenvalue weighted by molar-refractivity contribution is 9.11. The highest BCUT2D eigenvalue weighted by atomic mass is 79.9. The van der Waals surface area contributed by atoms with Crippen LogP contribution in [0.15, 0.2) is 18.6 Å². The lowest BCUT2D eigenvalue weighted by molar-refractivity contribution is -0.114. The van der Waals surface area contributed by atoms with Gasteiger partial charge >= 0.3 is 0 Å². The van der Waals surface area contributed by atoms with Gasteiger partial charge in [-0.2, -0.15) is 0 Å². The average molecular weight is 481 g/mol. The van der Waals surface area contributed by atoms with E-state index in [1.54, 1.807) is 10.8 Å². The van der Waals surface area contributed by atoms with Crippen molar-refractivity contribution in [3.63, 3.8) is 0 Å². The van der Waals surface area contributed by atoms with Gasteiger partial charge in [0.05, 0.1) is 0 Å². The van der Waals surface area contributed by atoms with Crippen LogP contribution in [0.5, 0.6) is 0 Å². The zero-order valence-electron chi connectivity index (χ0n) is 9.02. The Balaban J connectivity index is 0.000000321. The smallest absolute Gasteiger partial charge is 0.222 e. The predicted molar refractivity (Wildman–Crippen MR) is 88.7 cm³/mol. The maximum absolute atomic E-state index is 10.5. The van der Waals surface area contributed by atoms with Gasteiger partial charge in [-0.05, 0) is 31.9 Å². The Morgan fingerprint density at radius 1 is 1.28 bits per heavy atom. The number of nitrogens with one attached hydrogen (secondary N) is 1. The minimum Gasteiger partial charge on any atom is -0.383 e. The molecule has 1 amide bonds. The van der Waals surface area contributed by atoms with Crippen LogP contribution in [0.2, 0.25) is 0 Å². The number of anilines is 2. The van der Waals surface area contributed by atoms with Gasteiger partial charge in [-0.3, -0.25) is 4.79 Å². The first-order valence-electron chi connectivity index (χ1n) is 4.22. The maximum atomic E-state index is 10.5. The van der Waals surface area contributed by atoms with Crippen molar-refractivity contribution in [2.75, 3.05) is 11.1 Å². The molecule has 0 fully saturated rings. The molecule has 0 aliphatic carbocycles. The third-order valence-corrected chi connectivity index (χ3v) is 4.02. The molecule has 0 aliphatic heterocycles. The van der Waals surface area contributed by atoms with Crippen LogP contribution < -0.4 is 11.1 Å². The number of nitrogens with zero attached hydrogens (tertiary/aromatic N) is 2. The van der Waals surface area contributed by atoms with Crippen LogP contribution in [-0.2, 0) is 4.79 Å². The van der Waals surface area contributed by atoms with Crippen LogP contribution in [0.3, 0.4) is 0 Å². The Kier molecular flexibility index (Phi) is 8.95. The van der Waals surface area contributed by atoms with Crippen molar-refractivity contribution in [1.29, 1.82) is 0 Å². The lowest BCUT2D eigenvalue weighted by atomic mass is 10.6. The van der Waals surface area contributed by atoms with E-state index in [0.717, 1.165) is 7.83 Å². The number of carbonyl (C=O) groups excluding carboxylic acids is 1. The van der Waals surface area contributed by atoms with Gasteiger partial charge in [0.15, 0.2) is 7.83 Å². The summed E-state index contributed by atoms with van der Waals surface area (Å²) in [5.41, 5.74) is 5.25. The monoisotopic (exact) mass is 478 g/mol. The molecule has 0 saturated heterocycles. The third-order valence-electron chi connectivity index (χ3n) is 1.27. The van der Waals surface area contributed by atoms with E-state index in [9.17, 15) is 4.79 Å². The summed E-state index contributed by atoms with van der Waals surface area (Å²) in [6.07, 6.45) is 0. The van der Waals surface area contributed by atoms with Crippen molar-refractivity contribution < 1.29 is 4.79 Å².